The van der Waals surface area contributed by atoms with Gasteiger partial charge in [-0.25, -0.2) is 8.78 Å². The molecule has 1 aromatic rings. The van der Waals surface area contributed by atoms with Crippen LogP contribution in [-0.4, -0.2) is 42.7 Å². The van der Waals surface area contributed by atoms with Crippen LogP contribution in [-0.2, 0) is 20.9 Å². The number of nitrogens with one attached hydrogen (secondary N) is 3. The van der Waals surface area contributed by atoms with Gasteiger partial charge >= 0.3 is 0 Å². The van der Waals surface area contributed by atoms with Gasteiger partial charge in [-0.1, -0.05) is 12.1 Å². The van der Waals surface area contributed by atoms with Crippen LogP contribution in [0.1, 0.15) is 38.2 Å². The molecule has 152 valence electrons. The van der Waals surface area contributed by atoms with Gasteiger partial charge in [0.2, 0.25) is 11.8 Å². The van der Waals surface area contributed by atoms with E-state index in [0.717, 1.165) is 19.2 Å². The number of benzene rings is 1. The lowest BCUT2D eigenvalue weighted by Gasteiger charge is -2.48. The molecule has 28 heavy (non-hydrogen) atoms. The molecule has 5 rings (SSSR count). The first kappa shape index (κ1) is 19.3. The standard InChI is InChI=1S/C20H25F2N3O3/c1-13(26)25-12-18-10-19(11-18,20(28-18)5-7-23-8-6-20)17(27)24-9-14-3-2-4-15(21)16(14)22/h2-4,23H,5-12H2,1H3,(H,24,27)(H,25,26). The van der Waals surface area contributed by atoms with E-state index in [-0.39, 0.29) is 23.9 Å². The van der Waals surface area contributed by atoms with Crippen molar-refractivity contribution in [1.82, 2.24) is 16.0 Å². The summed E-state index contributed by atoms with van der Waals surface area (Å²) < 4.78 is 33.8. The summed E-state index contributed by atoms with van der Waals surface area (Å²) in [5.74, 6) is -2.18. The Morgan fingerprint density at radius 3 is 2.57 bits per heavy atom. The molecule has 1 aromatic carbocycles. The van der Waals surface area contributed by atoms with Gasteiger partial charge in [0.1, 0.15) is 0 Å². The third-order valence-corrected chi connectivity index (χ3v) is 6.51. The molecule has 3 heterocycles. The number of halogens is 2. The van der Waals surface area contributed by atoms with E-state index in [2.05, 4.69) is 16.0 Å². The van der Waals surface area contributed by atoms with E-state index in [1.807, 2.05) is 0 Å². The van der Waals surface area contributed by atoms with Crippen LogP contribution in [0.2, 0.25) is 0 Å². The minimum Gasteiger partial charge on any atom is -0.365 e. The number of hydrogen-bond acceptors (Lipinski definition) is 4. The quantitative estimate of drug-likeness (QED) is 0.706. The Kier molecular flexibility index (Phi) is 4.66. The lowest BCUT2D eigenvalue weighted by Crippen LogP contribution is -2.61. The van der Waals surface area contributed by atoms with Crippen LogP contribution in [0.25, 0.3) is 0 Å². The van der Waals surface area contributed by atoms with Crippen molar-refractivity contribution in [3.05, 3.63) is 35.4 Å². The highest BCUT2D eigenvalue weighted by Crippen LogP contribution is 2.68. The normalized spacial score (nSPS) is 30.0. The summed E-state index contributed by atoms with van der Waals surface area (Å²) in [7, 11) is 0. The monoisotopic (exact) mass is 393 g/mol. The average Bonchev–Trinajstić information content (AvgIpc) is 3.06. The van der Waals surface area contributed by atoms with E-state index in [9.17, 15) is 18.4 Å². The van der Waals surface area contributed by atoms with Crippen LogP contribution in [0.5, 0.6) is 0 Å². The number of rotatable bonds is 5. The first-order valence-corrected chi connectivity index (χ1v) is 9.68. The Hall–Kier alpha value is -2.06. The molecule has 1 spiro atoms. The summed E-state index contributed by atoms with van der Waals surface area (Å²) in [5.41, 5.74) is -1.69. The highest BCUT2D eigenvalue weighted by atomic mass is 19.2. The largest absolute Gasteiger partial charge is 0.365 e. The Bertz CT molecular complexity index is 802. The van der Waals surface area contributed by atoms with Gasteiger partial charge in [-0.05, 0) is 44.8 Å². The van der Waals surface area contributed by atoms with Gasteiger partial charge in [-0.2, -0.15) is 0 Å². The molecule has 4 fully saturated rings. The Morgan fingerprint density at radius 1 is 1.18 bits per heavy atom. The second-order valence-corrected chi connectivity index (χ2v) is 8.27. The van der Waals surface area contributed by atoms with Crippen molar-refractivity contribution >= 4 is 11.8 Å². The zero-order valence-corrected chi connectivity index (χ0v) is 15.9. The number of ether oxygens (including phenoxy) is 1. The summed E-state index contributed by atoms with van der Waals surface area (Å²) in [4.78, 5) is 24.6. The van der Waals surface area contributed by atoms with Crippen molar-refractivity contribution < 1.29 is 23.1 Å². The Labute approximate surface area is 162 Å². The summed E-state index contributed by atoms with van der Waals surface area (Å²) in [5, 5.41) is 8.91. The molecule has 8 heteroatoms. The summed E-state index contributed by atoms with van der Waals surface area (Å²) in [6.07, 6.45) is 2.46. The number of carbonyl (C=O) groups excluding carboxylic acids is 2. The zero-order chi connectivity index (χ0) is 20.0. The van der Waals surface area contributed by atoms with Crippen LogP contribution < -0.4 is 16.0 Å². The van der Waals surface area contributed by atoms with E-state index in [1.54, 1.807) is 0 Å². The fourth-order valence-electron chi connectivity index (χ4n) is 5.21. The minimum atomic E-state index is -0.937. The lowest BCUT2D eigenvalue weighted by atomic mass is 9.53. The summed E-state index contributed by atoms with van der Waals surface area (Å²) >= 11 is 0. The molecular formula is C20H25F2N3O3. The topological polar surface area (TPSA) is 79.5 Å². The molecule has 0 aromatic heterocycles. The third kappa shape index (κ3) is 2.90. The van der Waals surface area contributed by atoms with Gasteiger partial charge in [0.05, 0.1) is 16.6 Å². The maximum atomic E-state index is 13.9. The molecular weight excluding hydrogens is 368 g/mol. The number of carbonyl (C=O) groups is 2. The van der Waals surface area contributed by atoms with Crippen molar-refractivity contribution in [1.29, 1.82) is 0 Å². The van der Waals surface area contributed by atoms with Crippen LogP contribution in [0.15, 0.2) is 18.2 Å². The average molecular weight is 393 g/mol. The van der Waals surface area contributed by atoms with E-state index in [4.69, 9.17) is 4.74 Å². The minimum absolute atomic E-state index is 0.0722. The Morgan fingerprint density at radius 2 is 1.89 bits per heavy atom. The first-order valence-electron chi connectivity index (χ1n) is 9.68. The molecule has 2 amide bonds. The fourth-order valence-corrected chi connectivity index (χ4v) is 5.21. The maximum absolute atomic E-state index is 13.9. The van der Waals surface area contributed by atoms with Gasteiger partial charge < -0.3 is 20.7 Å². The lowest BCUT2D eigenvalue weighted by molar-refractivity contribution is -0.141. The van der Waals surface area contributed by atoms with Crippen molar-refractivity contribution in [2.45, 2.75) is 50.4 Å². The van der Waals surface area contributed by atoms with E-state index in [1.165, 1.54) is 19.1 Å². The molecule has 0 radical (unpaired) electrons. The van der Waals surface area contributed by atoms with Crippen molar-refractivity contribution in [2.75, 3.05) is 19.6 Å². The van der Waals surface area contributed by atoms with Gasteiger partial charge in [-0.3, -0.25) is 9.59 Å². The molecule has 1 aliphatic carbocycles. The van der Waals surface area contributed by atoms with Gasteiger partial charge in [0, 0.05) is 25.6 Å². The SMILES string of the molecule is CC(=O)NCC12CC(C(=O)NCc3cccc(F)c3F)(C1)C1(CCNCC1)O2. The second kappa shape index (κ2) is 6.77. The van der Waals surface area contributed by atoms with E-state index < -0.39 is 28.3 Å². The molecule has 0 unspecified atom stereocenters. The van der Waals surface area contributed by atoms with Crippen LogP contribution in [0.3, 0.4) is 0 Å². The first-order chi connectivity index (χ1) is 13.3. The Balaban J connectivity index is 1.52. The van der Waals surface area contributed by atoms with Crippen LogP contribution in [0, 0.1) is 17.0 Å². The molecule has 3 N–H and O–H groups in total. The van der Waals surface area contributed by atoms with Gasteiger partial charge in [0.15, 0.2) is 11.6 Å². The number of amides is 2. The molecule has 2 bridgehead atoms. The van der Waals surface area contributed by atoms with Crippen molar-refractivity contribution in [3.8, 4) is 0 Å². The highest BCUT2D eigenvalue weighted by molar-refractivity contribution is 5.87. The van der Waals surface area contributed by atoms with Crippen LogP contribution in [0.4, 0.5) is 8.78 Å². The van der Waals surface area contributed by atoms with Crippen molar-refractivity contribution in [2.24, 2.45) is 5.41 Å². The highest BCUT2D eigenvalue weighted by Gasteiger charge is 2.77. The maximum Gasteiger partial charge on any atom is 0.229 e. The third-order valence-electron chi connectivity index (χ3n) is 6.51. The molecule has 3 aliphatic heterocycles. The predicted octanol–water partition coefficient (Wildman–Crippen LogP) is 1.39. The summed E-state index contributed by atoms with van der Waals surface area (Å²) in [6.45, 7) is 3.27. The van der Waals surface area contributed by atoms with E-state index in [0.29, 0.717) is 32.2 Å². The predicted molar refractivity (Wildman–Crippen MR) is 97.2 cm³/mol. The molecule has 0 atom stereocenters. The van der Waals surface area contributed by atoms with Gasteiger partial charge in [-0.15, -0.1) is 0 Å². The van der Waals surface area contributed by atoms with Crippen molar-refractivity contribution in [3.63, 3.8) is 0 Å². The number of hydrogen-bond donors (Lipinski definition) is 3. The molecule has 1 saturated carbocycles. The van der Waals surface area contributed by atoms with Crippen LogP contribution >= 0.6 is 0 Å². The molecule has 4 aliphatic rings. The molecule has 6 nitrogen and oxygen atoms in total. The van der Waals surface area contributed by atoms with E-state index >= 15 is 0 Å². The molecule has 3 saturated heterocycles. The van der Waals surface area contributed by atoms with Gasteiger partial charge in [0.25, 0.3) is 0 Å². The number of piperidine rings is 1. The summed E-state index contributed by atoms with van der Waals surface area (Å²) in [6, 6.07) is 3.94. The smallest absolute Gasteiger partial charge is 0.229 e. The zero-order valence-electron chi connectivity index (χ0n) is 15.9. The fraction of sp³-hybridized carbons (Fsp3) is 0.600. The second-order valence-electron chi connectivity index (χ2n) is 8.27.